The van der Waals surface area contributed by atoms with Gasteiger partial charge in [0, 0.05) is 0 Å². The fourth-order valence-electron chi connectivity index (χ4n) is 2.43. The first kappa shape index (κ1) is 18.6. The van der Waals surface area contributed by atoms with Crippen LogP contribution < -0.4 is 11.1 Å². The molecule has 2 rings (SSSR count). The summed E-state index contributed by atoms with van der Waals surface area (Å²) in [5, 5.41) is 5.16. The number of carbonyl (C=O) groups is 2. The molecule has 6 nitrogen and oxygen atoms in total. The van der Waals surface area contributed by atoms with Crippen molar-refractivity contribution in [2.45, 2.75) is 32.4 Å². The van der Waals surface area contributed by atoms with E-state index in [0.717, 1.165) is 16.3 Å². The van der Waals surface area contributed by atoms with Gasteiger partial charge in [-0.3, -0.25) is 4.79 Å². The van der Waals surface area contributed by atoms with Crippen molar-refractivity contribution in [2.75, 3.05) is 7.05 Å². The zero-order valence-electron chi connectivity index (χ0n) is 14.7. The summed E-state index contributed by atoms with van der Waals surface area (Å²) in [5.74, 6) is -1.73. The molecular formula is C19H23N3O3. The van der Waals surface area contributed by atoms with E-state index in [1.165, 1.54) is 0 Å². The first-order valence-corrected chi connectivity index (χ1v) is 8.14. The Bertz CT molecular complexity index is 799. The highest BCUT2D eigenvalue weighted by molar-refractivity contribution is 6.36. The van der Waals surface area contributed by atoms with Gasteiger partial charge in [0.1, 0.15) is 0 Å². The van der Waals surface area contributed by atoms with Crippen LogP contribution in [0.25, 0.3) is 10.8 Å². The fraction of sp³-hybridized carbons (Fsp3) is 0.316. The van der Waals surface area contributed by atoms with Crippen molar-refractivity contribution < 1.29 is 14.3 Å². The second kappa shape index (κ2) is 8.39. The zero-order valence-corrected chi connectivity index (χ0v) is 14.7. The molecule has 132 valence electrons. The number of esters is 1. The van der Waals surface area contributed by atoms with E-state index < -0.39 is 23.8 Å². The molecule has 25 heavy (non-hydrogen) atoms. The van der Waals surface area contributed by atoms with Gasteiger partial charge in [-0.25, -0.2) is 4.79 Å². The highest BCUT2D eigenvalue weighted by Crippen LogP contribution is 2.17. The number of aliphatic imine (C=N–C) groups is 1. The second-order valence-electron chi connectivity index (χ2n) is 6.02. The number of amides is 1. The topological polar surface area (TPSA) is 93.8 Å². The molecule has 0 unspecified atom stereocenters. The zero-order chi connectivity index (χ0) is 18.4. The molecule has 1 amide bonds. The van der Waals surface area contributed by atoms with E-state index >= 15 is 0 Å². The molecule has 0 heterocycles. The molecule has 6 heteroatoms. The third-order valence-electron chi connectivity index (χ3n) is 3.68. The van der Waals surface area contributed by atoms with Crippen LogP contribution in [0.15, 0.2) is 47.5 Å². The lowest BCUT2D eigenvalue weighted by atomic mass is 10.0. The minimum absolute atomic E-state index is 0.325. The summed E-state index contributed by atoms with van der Waals surface area (Å²) < 4.78 is 4.93. The van der Waals surface area contributed by atoms with Crippen LogP contribution in [0.5, 0.6) is 0 Å². The first-order valence-electron chi connectivity index (χ1n) is 8.14. The molecule has 0 aliphatic rings. The van der Waals surface area contributed by atoms with Crippen LogP contribution in [0, 0.1) is 0 Å². The lowest BCUT2D eigenvalue weighted by Crippen LogP contribution is -2.38. The first-order chi connectivity index (χ1) is 11.9. The molecule has 0 saturated heterocycles. The Hall–Kier alpha value is -2.73. The van der Waals surface area contributed by atoms with Gasteiger partial charge in [0.2, 0.25) is 5.84 Å². The molecule has 0 aliphatic heterocycles. The van der Waals surface area contributed by atoms with E-state index in [1.807, 2.05) is 42.5 Å². The van der Waals surface area contributed by atoms with Crippen LogP contribution in [0.1, 0.15) is 19.4 Å². The number of fused-ring (bicyclic) bond motifs is 1. The number of nitrogens with two attached hydrogens (primary N) is 1. The summed E-state index contributed by atoms with van der Waals surface area (Å²) in [6, 6.07) is 13.4. The highest BCUT2D eigenvalue weighted by atomic mass is 16.5. The minimum atomic E-state index is -0.788. The maximum absolute atomic E-state index is 12.3. The maximum atomic E-state index is 12.3. The van der Waals surface area contributed by atoms with Gasteiger partial charge in [0.05, 0.1) is 12.1 Å². The molecule has 0 fully saturated rings. The lowest BCUT2D eigenvalue weighted by Gasteiger charge is -2.13. The van der Waals surface area contributed by atoms with Gasteiger partial charge in [-0.05, 0) is 43.7 Å². The Morgan fingerprint density at radius 1 is 1.16 bits per heavy atom. The number of hydrogen-bond acceptors (Lipinski definition) is 4. The number of nitrogens with one attached hydrogen (secondary N) is 1. The third-order valence-corrected chi connectivity index (χ3v) is 3.68. The van der Waals surface area contributed by atoms with Crippen molar-refractivity contribution in [3.63, 3.8) is 0 Å². The Kier molecular flexibility index (Phi) is 6.25. The van der Waals surface area contributed by atoms with Crippen LogP contribution >= 0.6 is 0 Å². The van der Waals surface area contributed by atoms with Gasteiger partial charge in [0.15, 0.2) is 0 Å². The largest absolute Gasteiger partial charge is 0.457 e. The number of rotatable bonds is 5. The predicted molar refractivity (Wildman–Crippen MR) is 98.4 cm³/mol. The van der Waals surface area contributed by atoms with Crippen LogP contribution in [0.2, 0.25) is 0 Å². The van der Waals surface area contributed by atoms with Crippen LogP contribution in [-0.4, -0.2) is 36.9 Å². The molecule has 0 bridgehead atoms. The smallest absolute Gasteiger partial charge is 0.374 e. The number of benzene rings is 2. The summed E-state index contributed by atoms with van der Waals surface area (Å²) in [5.41, 5.74) is 6.54. The van der Waals surface area contributed by atoms with Crippen molar-refractivity contribution in [3.8, 4) is 0 Å². The molecule has 2 aromatic rings. The fourth-order valence-corrected chi connectivity index (χ4v) is 2.43. The third kappa shape index (κ3) is 5.12. The van der Waals surface area contributed by atoms with Crippen LogP contribution in [0.4, 0.5) is 0 Å². The second-order valence-corrected chi connectivity index (χ2v) is 6.02. The van der Waals surface area contributed by atoms with Crippen LogP contribution in [0.3, 0.4) is 0 Å². The summed E-state index contributed by atoms with van der Waals surface area (Å²) in [6.45, 7) is 3.40. The van der Waals surface area contributed by atoms with Gasteiger partial charge in [-0.1, -0.05) is 42.5 Å². The van der Waals surface area contributed by atoms with Gasteiger partial charge in [-0.15, -0.1) is 0 Å². The number of carbonyl (C=O) groups excluding carboxylic acids is 2. The lowest BCUT2D eigenvalue weighted by molar-refractivity contribution is -0.139. The molecule has 2 aromatic carbocycles. The van der Waals surface area contributed by atoms with Crippen molar-refractivity contribution in [1.82, 2.24) is 5.32 Å². The molecule has 0 radical (unpaired) electrons. The van der Waals surface area contributed by atoms with E-state index in [9.17, 15) is 9.59 Å². The average Bonchev–Trinajstić information content (AvgIpc) is 2.58. The van der Waals surface area contributed by atoms with Crippen molar-refractivity contribution >= 4 is 28.5 Å². The molecule has 1 atom stereocenters. The Morgan fingerprint density at radius 3 is 2.48 bits per heavy atom. The van der Waals surface area contributed by atoms with Gasteiger partial charge < -0.3 is 15.8 Å². The standard InChI is InChI=1S/C19H23N3O3/c1-12(2)25-19(24)17(20)22-18(23)16(21-3)11-13-8-9-14-6-4-5-7-15(14)10-13/h4-10,12,16,21H,11H2,1-3H3,(H2,20,22,23)/t16-/m1/s1. The SMILES string of the molecule is CN[C@H](Cc1ccc2ccccc2c1)C(=O)N=C(N)C(=O)OC(C)C. The van der Waals surface area contributed by atoms with Crippen LogP contribution in [-0.2, 0) is 20.7 Å². The van der Waals surface area contributed by atoms with E-state index in [4.69, 9.17) is 10.5 Å². The van der Waals surface area contributed by atoms with Gasteiger partial charge in [-0.2, -0.15) is 4.99 Å². The monoisotopic (exact) mass is 341 g/mol. The van der Waals surface area contributed by atoms with Gasteiger partial charge in [0.25, 0.3) is 5.91 Å². The Morgan fingerprint density at radius 2 is 1.84 bits per heavy atom. The number of ether oxygens (including phenoxy) is 1. The molecular weight excluding hydrogens is 318 g/mol. The van der Waals surface area contributed by atoms with E-state index in [1.54, 1.807) is 20.9 Å². The quantitative estimate of drug-likeness (QED) is 0.491. The van der Waals surface area contributed by atoms with Gasteiger partial charge >= 0.3 is 5.97 Å². The number of likely N-dealkylation sites (N-methyl/N-ethyl adjacent to an activating group) is 1. The maximum Gasteiger partial charge on any atom is 0.374 e. The molecule has 0 aromatic heterocycles. The summed E-state index contributed by atoms with van der Waals surface area (Å²) in [7, 11) is 1.67. The summed E-state index contributed by atoms with van der Waals surface area (Å²) in [4.78, 5) is 27.6. The van der Waals surface area contributed by atoms with E-state index in [0.29, 0.717) is 6.42 Å². The van der Waals surface area contributed by atoms with E-state index in [2.05, 4.69) is 10.3 Å². The Labute approximate surface area is 147 Å². The normalized spacial score (nSPS) is 13.0. The van der Waals surface area contributed by atoms with Crippen molar-refractivity contribution in [3.05, 3.63) is 48.0 Å². The number of hydrogen-bond donors (Lipinski definition) is 2. The highest BCUT2D eigenvalue weighted by Gasteiger charge is 2.19. The Balaban J connectivity index is 2.12. The average molecular weight is 341 g/mol. The van der Waals surface area contributed by atoms with Crippen molar-refractivity contribution in [1.29, 1.82) is 0 Å². The van der Waals surface area contributed by atoms with Crippen molar-refractivity contribution in [2.24, 2.45) is 10.7 Å². The number of amidine groups is 1. The summed E-state index contributed by atoms with van der Waals surface area (Å²) >= 11 is 0. The summed E-state index contributed by atoms with van der Waals surface area (Å²) in [6.07, 6.45) is 0.116. The molecule has 0 spiro atoms. The predicted octanol–water partition coefficient (Wildman–Crippen LogP) is 1.81. The molecule has 3 N–H and O–H groups in total. The molecule has 0 saturated carbocycles. The minimum Gasteiger partial charge on any atom is -0.457 e. The number of nitrogens with zero attached hydrogens (tertiary/aromatic N) is 1. The van der Waals surface area contributed by atoms with E-state index in [-0.39, 0.29) is 6.10 Å². The molecule has 0 aliphatic carbocycles.